The van der Waals surface area contributed by atoms with Crippen molar-refractivity contribution in [3.8, 4) is 0 Å². The van der Waals surface area contributed by atoms with Gasteiger partial charge in [-0.15, -0.1) is 0 Å². The lowest BCUT2D eigenvalue weighted by atomic mass is 10.2. The first kappa shape index (κ1) is 12.7. The van der Waals surface area contributed by atoms with Gasteiger partial charge in [-0.25, -0.2) is 9.78 Å². The molecular weight excluding hydrogens is 256 g/mol. The van der Waals surface area contributed by atoms with Crippen LogP contribution in [0.25, 0.3) is 0 Å². The van der Waals surface area contributed by atoms with E-state index in [0.717, 1.165) is 11.7 Å². The van der Waals surface area contributed by atoms with Crippen molar-refractivity contribution < 1.29 is 9.53 Å². The van der Waals surface area contributed by atoms with Crippen LogP contribution in [0.3, 0.4) is 0 Å². The Morgan fingerprint density at radius 3 is 3.24 bits per heavy atom. The Balaban J connectivity index is 1.82. The minimum absolute atomic E-state index is 0.317. The minimum Gasteiger partial charge on any atom is -0.465 e. The average molecular weight is 272 g/mol. The fourth-order valence-corrected chi connectivity index (χ4v) is 3.70. The van der Waals surface area contributed by atoms with Gasteiger partial charge in [0.25, 0.3) is 0 Å². The van der Waals surface area contributed by atoms with Crippen LogP contribution in [0.2, 0.25) is 0 Å². The fraction of sp³-hybridized carbons (Fsp3) is 0.636. The zero-order valence-corrected chi connectivity index (χ0v) is 11.4. The number of nitrogens with zero attached hydrogens (tertiary/aromatic N) is 1. The number of anilines is 1. The molecule has 0 aromatic carbocycles. The van der Waals surface area contributed by atoms with Crippen LogP contribution in [-0.4, -0.2) is 35.6 Å². The van der Waals surface area contributed by atoms with Crippen molar-refractivity contribution in [2.45, 2.75) is 24.5 Å². The van der Waals surface area contributed by atoms with E-state index in [9.17, 15) is 4.79 Å². The third-order valence-electron chi connectivity index (χ3n) is 2.65. The number of ether oxygens (including phenoxy) is 1. The van der Waals surface area contributed by atoms with Crippen molar-refractivity contribution in [2.75, 3.05) is 24.7 Å². The molecule has 1 saturated heterocycles. The lowest BCUT2D eigenvalue weighted by Crippen LogP contribution is -2.19. The molecule has 1 aliphatic heterocycles. The summed E-state index contributed by atoms with van der Waals surface area (Å²) in [5, 5.41) is 4.77. The van der Waals surface area contributed by atoms with Crippen LogP contribution < -0.4 is 5.32 Å². The lowest BCUT2D eigenvalue weighted by molar-refractivity contribution is 0.0606. The van der Waals surface area contributed by atoms with Gasteiger partial charge in [0.2, 0.25) is 0 Å². The molecule has 6 heteroatoms. The second-order valence-electron chi connectivity index (χ2n) is 3.89. The highest BCUT2D eigenvalue weighted by molar-refractivity contribution is 7.99. The molecule has 17 heavy (non-hydrogen) atoms. The summed E-state index contributed by atoms with van der Waals surface area (Å²) in [7, 11) is 1.38. The maximum absolute atomic E-state index is 11.2. The Bertz CT molecular complexity index is 375. The highest BCUT2D eigenvalue weighted by Gasteiger charge is 2.15. The van der Waals surface area contributed by atoms with Crippen LogP contribution in [0.4, 0.5) is 5.13 Å². The van der Waals surface area contributed by atoms with Crippen molar-refractivity contribution in [2.24, 2.45) is 0 Å². The van der Waals surface area contributed by atoms with E-state index in [1.165, 1.54) is 43.5 Å². The first-order valence-electron chi connectivity index (χ1n) is 5.69. The number of nitrogens with one attached hydrogen (secondary N) is 1. The summed E-state index contributed by atoms with van der Waals surface area (Å²) in [6, 6.07) is 0. The number of rotatable bonds is 4. The molecule has 1 aromatic heterocycles. The third kappa shape index (κ3) is 3.61. The van der Waals surface area contributed by atoms with Crippen LogP contribution >= 0.6 is 23.1 Å². The Morgan fingerprint density at radius 1 is 1.65 bits per heavy atom. The first-order chi connectivity index (χ1) is 8.29. The standard InChI is InChI=1S/C11H16N2O2S2/c1-15-10(14)9-7-13-11(17-9)12-6-8-4-2-3-5-16-8/h7-8H,2-6H2,1H3,(H,12,13). The summed E-state index contributed by atoms with van der Waals surface area (Å²) in [6.07, 6.45) is 5.50. The number of thioether (sulfide) groups is 1. The Kier molecular flexibility index (Phi) is 4.67. The third-order valence-corrected chi connectivity index (χ3v) is 4.98. The number of esters is 1. The number of methoxy groups -OCH3 is 1. The van der Waals surface area contributed by atoms with Gasteiger partial charge in [-0.3, -0.25) is 0 Å². The van der Waals surface area contributed by atoms with Gasteiger partial charge in [-0.1, -0.05) is 17.8 Å². The van der Waals surface area contributed by atoms with Crippen LogP contribution in [0.15, 0.2) is 6.20 Å². The lowest BCUT2D eigenvalue weighted by Gasteiger charge is -2.21. The van der Waals surface area contributed by atoms with E-state index < -0.39 is 0 Å². The van der Waals surface area contributed by atoms with Crippen LogP contribution in [0.1, 0.15) is 28.9 Å². The van der Waals surface area contributed by atoms with Crippen molar-refractivity contribution in [3.63, 3.8) is 0 Å². The molecule has 0 aliphatic carbocycles. The topological polar surface area (TPSA) is 51.2 Å². The van der Waals surface area contributed by atoms with Gasteiger partial charge in [0, 0.05) is 11.8 Å². The molecule has 1 aliphatic rings. The van der Waals surface area contributed by atoms with Crippen molar-refractivity contribution in [3.05, 3.63) is 11.1 Å². The molecule has 1 N–H and O–H groups in total. The van der Waals surface area contributed by atoms with Gasteiger partial charge in [-0.2, -0.15) is 11.8 Å². The van der Waals surface area contributed by atoms with Gasteiger partial charge in [0.15, 0.2) is 5.13 Å². The molecule has 0 saturated carbocycles. The molecular formula is C11H16N2O2S2. The SMILES string of the molecule is COC(=O)c1cnc(NCC2CCCCS2)s1. The number of carbonyl (C=O) groups excluding carboxylic acids is 1. The number of hydrogen-bond acceptors (Lipinski definition) is 6. The molecule has 0 radical (unpaired) electrons. The van der Waals surface area contributed by atoms with Crippen molar-refractivity contribution >= 4 is 34.2 Å². The molecule has 1 aromatic rings. The average Bonchev–Trinajstić information content (AvgIpc) is 2.85. The van der Waals surface area contributed by atoms with Crippen LogP contribution in [0.5, 0.6) is 0 Å². The molecule has 0 bridgehead atoms. The summed E-state index contributed by atoms with van der Waals surface area (Å²) in [6.45, 7) is 0.929. The first-order valence-corrected chi connectivity index (χ1v) is 7.55. The highest BCUT2D eigenvalue weighted by atomic mass is 32.2. The number of hydrogen-bond donors (Lipinski definition) is 1. The molecule has 2 rings (SSSR count). The Morgan fingerprint density at radius 2 is 2.53 bits per heavy atom. The quantitative estimate of drug-likeness (QED) is 0.854. The summed E-state index contributed by atoms with van der Waals surface area (Å²) < 4.78 is 4.64. The number of carbonyl (C=O) groups is 1. The number of thiazole rings is 1. The Hall–Kier alpha value is -0.750. The van der Waals surface area contributed by atoms with Gasteiger partial charge in [0.1, 0.15) is 4.88 Å². The van der Waals surface area contributed by atoms with Crippen molar-refractivity contribution in [1.82, 2.24) is 4.98 Å². The fourth-order valence-electron chi connectivity index (χ4n) is 1.72. The van der Waals surface area contributed by atoms with E-state index in [0.29, 0.717) is 10.1 Å². The Labute approximate surface area is 109 Å². The molecule has 1 fully saturated rings. The maximum Gasteiger partial charge on any atom is 0.349 e. The monoisotopic (exact) mass is 272 g/mol. The maximum atomic E-state index is 11.2. The van der Waals surface area contributed by atoms with Gasteiger partial charge < -0.3 is 10.1 Å². The van der Waals surface area contributed by atoms with E-state index in [2.05, 4.69) is 15.0 Å². The van der Waals surface area contributed by atoms with Crippen LogP contribution in [-0.2, 0) is 4.74 Å². The summed E-state index contributed by atoms with van der Waals surface area (Å²) in [4.78, 5) is 16.0. The summed E-state index contributed by atoms with van der Waals surface area (Å²) in [5.41, 5.74) is 0. The second kappa shape index (κ2) is 6.26. The summed E-state index contributed by atoms with van der Waals surface area (Å²) in [5.74, 6) is 0.944. The molecule has 4 nitrogen and oxygen atoms in total. The largest absolute Gasteiger partial charge is 0.465 e. The molecule has 2 heterocycles. The predicted octanol–water partition coefficient (Wildman–Crippen LogP) is 2.63. The van der Waals surface area contributed by atoms with Crippen LogP contribution in [0, 0.1) is 0 Å². The van der Waals surface area contributed by atoms with E-state index >= 15 is 0 Å². The second-order valence-corrected chi connectivity index (χ2v) is 6.33. The van der Waals surface area contributed by atoms with E-state index in [1.807, 2.05) is 11.8 Å². The molecule has 1 unspecified atom stereocenters. The van der Waals surface area contributed by atoms with Gasteiger partial charge in [-0.05, 0) is 18.6 Å². The van der Waals surface area contributed by atoms with E-state index in [1.54, 1.807) is 6.20 Å². The molecule has 0 spiro atoms. The van der Waals surface area contributed by atoms with E-state index in [-0.39, 0.29) is 5.97 Å². The molecule has 94 valence electrons. The normalized spacial score (nSPS) is 19.9. The highest BCUT2D eigenvalue weighted by Crippen LogP contribution is 2.26. The summed E-state index contributed by atoms with van der Waals surface area (Å²) >= 11 is 3.37. The van der Waals surface area contributed by atoms with Gasteiger partial charge >= 0.3 is 5.97 Å². The predicted molar refractivity (Wildman–Crippen MR) is 72.0 cm³/mol. The van der Waals surface area contributed by atoms with Gasteiger partial charge in [0.05, 0.1) is 13.3 Å². The minimum atomic E-state index is -0.317. The van der Waals surface area contributed by atoms with E-state index in [4.69, 9.17) is 0 Å². The zero-order valence-electron chi connectivity index (χ0n) is 9.77. The molecule has 0 amide bonds. The van der Waals surface area contributed by atoms with Crippen molar-refractivity contribution in [1.29, 1.82) is 0 Å². The molecule has 1 atom stereocenters. The smallest absolute Gasteiger partial charge is 0.349 e. The number of aromatic nitrogens is 1. The zero-order chi connectivity index (χ0) is 12.1.